The van der Waals surface area contributed by atoms with Gasteiger partial charge in [-0.1, -0.05) is 51.7 Å². The molecular formula is C22H42N+. The Balaban J connectivity index is 2.60. The van der Waals surface area contributed by atoms with Gasteiger partial charge in [-0.3, -0.25) is 0 Å². The first-order valence-electron chi connectivity index (χ1n) is 9.92. The molecule has 1 aliphatic carbocycles. The third-order valence-corrected chi connectivity index (χ3v) is 6.02. The normalized spacial score (nSPS) is 20.3. The average Bonchev–Trinajstić information content (AvgIpc) is 2.45. The van der Waals surface area contributed by atoms with Crippen LogP contribution in [0, 0.1) is 5.41 Å². The van der Waals surface area contributed by atoms with E-state index in [-0.39, 0.29) is 0 Å². The summed E-state index contributed by atoms with van der Waals surface area (Å²) in [4.78, 5) is 0. The fourth-order valence-corrected chi connectivity index (χ4v) is 3.81. The van der Waals surface area contributed by atoms with E-state index in [1.165, 1.54) is 57.9 Å². The zero-order chi connectivity index (χ0) is 17.5. The van der Waals surface area contributed by atoms with Crippen LogP contribution in [0.15, 0.2) is 23.3 Å². The van der Waals surface area contributed by atoms with Crippen LogP contribution < -0.4 is 0 Å². The summed E-state index contributed by atoms with van der Waals surface area (Å²) in [6.45, 7) is 13.1. The van der Waals surface area contributed by atoms with E-state index in [0.29, 0.717) is 11.5 Å². The first kappa shape index (κ1) is 20.5. The summed E-state index contributed by atoms with van der Waals surface area (Å²) in [5, 5.41) is 0. The van der Waals surface area contributed by atoms with Crippen LogP contribution in [0.4, 0.5) is 0 Å². The molecule has 134 valence electrons. The Kier molecular flexibility index (Phi) is 8.07. The van der Waals surface area contributed by atoms with Crippen molar-refractivity contribution in [3.8, 4) is 0 Å². The summed E-state index contributed by atoms with van der Waals surface area (Å²) in [5.41, 5.74) is 3.56. The van der Waals surface area contributed by atoms with Crippen molar-refractivity contribution in [3.63, 3.8) is 0 Å². The SMILES string of the molecule is CCCCCCC[N+](C)(C)C(C)C=CC1=C(C)CCCC1(C)C. The van der Waals surface area contributed by atoms with E-state index in [1.54, 1.807) is 11.1 Å². The molecule has 0 aromatic heterocycles. The molecule has 0 fully saturated rings. The minimum Gasteiger partial charge on any atom is -0.323 e. The fourth-order valence-electron chi connectivity index (χ4n) is 3.81. The van der Waals surface area contributed by atoms with Gasteiger partial charge < -0.3 is 4.48 Å². The largest absolute Gasteiger partial charge is 0.323 e. The highest BCUT2D eigenvalue weighted by Crippen LogP contribution is 2.40. The van der Waals surface area contributed by atoms with Gasteiger partial charge in [0, 0.05) is 0 Å². The Labute approximate surface area is 146 Å². The Bertz CT molecular complexity index is 412. The number of hydrogen-bond donors (Lipinski definition) is 0. The number of hydrogen-bond acceptors (Lipinski definition) is 0. The molecule has 0 amide bonds. The number of quaternary nitrogens is 1. The van der Waals surface area contributed by atoms with Crippen LogP contribution >= 0.6 is 0 Å². The molecule has 0 aliphatic heterocycles. The number of nitrogens with zero attached hydrogens (tertiary/aromatic N) is 1. The summed E-state index contributed by atoms with van der Waals surface area (Å²) in [6.07, 6.45) is 15.8. The van der Waals surface area contributed by atoms with Gasteiger partial charge in [-0.2, -0.15) is 0 Å². The average molecular weight is 321 g/mol. The molecule has 0 spiro atoms. The third-order valence-electron chi connectivity index (χ3n) is 6.02. The minimum absolute atomic E-state index is 0.357. The topological polar surface area (TPSA) is 0 Å². The molecule has 1 rings (SSSR count). The van der Waals surface area contributed by atoms with Crippen molar-refractivity contribution in [1.82, 2.24) is 0 Å². The molecule has 0 aromatic carbocycles. The highest BCUT2D eigenvalue weighted by Gasteiger charge is 2.27. The second-order valence-corrected chi connectivity index (χ2v) is 8.95. The lowest BCUT2D eigenvalue weighted by molar-refractivity contribution is -0.906. The smallest absolute Gasteiger partial charge is 0.105 e. The van der Waals surface area contributed by atoms with E-state index >= 15 is 0 Å². The number of allylic oxidation sites excluding steroid dienone is 3. The van der Waals surface area contributed by atoms with E-state index in [0.717, 1.165) is 4.48 Å². The summed E-state index contributed by atoms with van der Waals surface area (Å²) >= 11 is 0. The van der Waals surface area contributed by atoms with Crippen molar-refractivity contribution in [2.24, 2.45) is 5.41 Å². The van der Waals surface area contributed by atoms with Gasteiger partial charge in [0.2, 0.25) is 0 Å². The summed E-state index contributed by atoms with van der Waals surface area (Å²) in [5.74, 6) is 0. The molecule has 1 unspecified atom stereocenters. The van der Waals surface area contributed by atoms with Gasteiger partial charge in [0.15, 0.2) is 0 Å². The van der Waals surface area contributed by atoms with Crippen LogP contribution in [0.25, 0.3) is 0 Å². The molecule has 0 aromatic rings. The van der Waals surface area contributed by atoms with Crippen LogP contribution in [0.2, 0.25) is 0 Å². The molecule has 23 heavy (non-hydrogen) atoms. The first-order valence-corrected chi connectivity index (χ1v) is 9.92. The van der Waals surface area contributed by atoms with Crippen LogP contribution in [-0.2, 0) is 0 Å². The molecule has 1 atom stereocenters. The number of unbranched alkanes of at least 4 members (excludes halogenated alkanes) is 4. The van der Waals surface area contributed by atoms with Crippen LogP contribution in [0.3, 0.4) is 0 Å². The van der Waals surface area contributed by atoms with Gasteiger partial charge in [0.05, 0.1) is 20.6 Å². The Morgan fingerprint density at radius 1 is 1.13 bits per heavy atom. The Morgan fingerprint density at radius 3 is 2.39 bits per heavy atom. The molecule has 0 bridgehead atoms. The van der Waals surface area contributed by atoms with E-state index < -0.39 is 0 Å². The highest BCUT2D eigenvalue weighted by atomic mass is 15.3. The predicted octanol–water partition coefficient (Wildman–Crippen LogP) is 6.50. The maximum absolute atomic E-state index is 2.47. The molecule has 0 radical (unpaired) electrons. The number of likely N-dealkylation sites (N-methyl/N-ethyl adjacent to an activating group) is 1. The minimum atomic E-state index is 0.357. The molecule has 0 heterocycles. The zero-order valence-electron chi connectivity index (χ0n) is 17.0. The summed E-state index contributed by atoms with van der Waals surface area (Å²) in [7, 11) is 4.78. The zero-order valence-corrected chi connectivity index (χ0v) is 17.0. The second-order valence-electron chi connectivity index (χ2n) is 8.95. The standard InChI is InChI=1S/C22H42N/c1-8-9-10-11-12-18-23(6,7)20(3)15-16-21-19(2)14-13-17-22(21,4)5/h15-16,20H,8-14,17-18H2,1-7H3/q+1. The monoisotopic (exact) mass is 320 g/mol. The first-order chi connectivity index (χ1) is 10.7. The molecular weight excluding hydrogens is 278 g/mol. The van der Waals surface area contributed by atoms with Gasteiger partial charge >= 0.3 is 0 Å². The highest BCUT2D eigenvalue weighted by molar-refractivity contribution is 5.32. The molecule has 1 heteroatoms. The van der Waals surface area contributed by atoms with E-state index in [9.17, 15) is 0 Å². The molecule has 0 N–H and O–H groups in total. The molecule has 1 nitrogen and oxygen atoms in total. The van der Waals surface area contributed by atoms with Crippen molar-refractivity contribution < 1.29 is 4.48 Å². The van der Waals surface area contributed by atoms with Crippen LogP contribution in [0.5, 0.6) is 0 Å². The van der Waals surface area contributed by atoms with Crippen molar-refractivity contribution >= 4 is 0 Å². The molecule has 0 saturated carbocycles. The van der Waals surface area contributed by atoms with Gasteiger partial charge in [-0.15, -0.1) is 0 Å². The van der Waals surface area contributed by atoms with Gasteiger partial charge in [0.1, 0.15) is 6.04 Å². The molecule has 1 aliphatic rings. The second kappa shape index (κ2) is 9.06. The summed E-state index contributed by atoms with van der Waals surface area (Å²) in [6, 6.07) is 0.583. The van der Waals surface area contributed by atoms with E-state index in [1.807, 2.05) is 0 Å². The Hall–Kier alpha value is -0.560. The Morgan fingerprint density at radius 2 is 1.78 bits per heavy atom. The van der Waals surface area contributed by atoms with Gasteiger partial charge in [0.25, 0.3) is 0 Å². The lowest BCUT2D eigenvalue weighted by Gasteiger charge is -2.36. The molecule has 0 saturated heterocycles. The van der Waals surface area contributed by atoms with Crippen molar-refractivity contribution in [2.45, 2.75) is 92.0 Å². The van der Waals surface area contributed by atoms with Crippen molar-refractivity contribution in [3.05, 3.63) is 23.3 Å². The lowest BCUT2D eigenvalue weighted by atomic mass is 9.72. The predicted molar refractivity (Wildman–Crippen MR) is 105 cm³/mol. The van der Waals surface area contributed by atoms with Crippen LogP contribution in [-0.4, -0.2) is 31.2 Å². The maximum Gasteiger partial charge on any atom is 0.105 e. The van der Waals surface area contributed by atoms with Gasteiger partial charge in [-0.05, 0) is 63.0 Å². The van der Waals surface area contributed by atoms with Crippen molar-refractivity contribution in [1.29, 1.82) is 0 Å². The summed E-state index contributed by atoms with van der Waals surface area (Å²) < 4.78 is 1.11. The lowest BCUT2D eigenvalue weighted by Crippen LogP contribution is -2.47. The fraction of sp³-hybridized carbons (Fsp3) is 0.818. The maximum atomic E-state index is 2.47. The van der Waals surface area contributed by atoms with E-state index in [2.05, 4.69) is 60.9 Å². The third kappa shape index (κ3) is 6.45. The van der Waals surface area contributed by atoms with Crippen molar-refractivity contribution in [2.75, 3.05) is 20.6 Å². The quantitative estimate of drug-likeness (QED) is 0.336. The number of rotatable bonds is 9. The van der Waals surface area contributed by atoms with Gasteiger partial charge in [-0.25, -0.2) is 0 Å². The van der Waals surface area contributed by atoms with E-state index in [4.69, 9.17) is 0 Å². The van der Waals surface area contributed by atoms with Crippen LogP contribution in [0.1, 0.15) is 86.0 Å².